The minimum Gasteiger partial charge on any atom is -0.495 e. The molecule has 0 amide bonds. The Labute approximate surface area is 149 Å². The molecule has 1 aliphatic rings. The van der Waals surface area contributed by atoms with Crippen molar-refractivity contribution in [2.75, 3.05) is 13.4 Å². The van der Waals surface area contributed by atoms with E-state index in [1.54, 1.807) is 13.4 Å². The van der Waals surface area contributed by atoms with E-state index in [1.807, 2.05) is 29.1 Å². The second-order valence-electron chi connectivity index (χ2n) is 5.92. The van der Waals surface area contributed by atoms with Crippen LogP contribution in [0.15, 0.2) is 41.9 Å². The SMILES string of the molecule is COc1cc(-c2ncc(F)c(SC)n2)ccc1-n1cnc(C2CC2)c1. The average Bonchev–Trinajstić information content (AvgIpc) is 3.39. The summed E-state index contributed by atoms with van der Waals surface area (Å²) >= 11 is 1.26. The minimum absolute atomic E-state index is 0.330. The number of rotatable bonds is 5. The summed E-state index contributed by atoms with van der Waals surface area (Å²) in [6, 6.07) is 5.72. The lowest BCUT2D eigenvalue weighted by molar-refractivity contribution is 0.413. The molecule has 0 N–H and O–H groups in total. The summed E-state index contributed by atoms with van der Waals surface area (Å²) in [6.07, 6.45) is 9.28. The van der Waals surface area contributed by atoms with Crippen LogP contribution >= 0.6 is 11.8 Å². The largest absolute Gasteiger partial charge is 0.495 e. The normalized spacial score (nSPS) is 13.9. The molecule has 0 unspecified atom stereocenters. The Morgan fingerprint density at radius 1 is 1.28 bits per heavy atom. The molecule has 0 aliphatic heterocycles. The van der Waals surface area contributed by atoms with Gasteiger partial charge in [0, 0.05) is 17.7 Å². The van der Waals surface area contributed by atoms with Crippen LogP contribution in [0.1, 0.15) is 24.5 Å². The van der Waals surface area contributed by atoms with Crippen molar-refractivity contribution in [3.05, 3.63) is 48.4 Å². The highest BCUT2D eigenvalue weighted by Crippen LogP contribution is 2.39. The number of hydrogen-bond acceptors (Lipinski definition) is 5. The van der Waals surface area contributed by atoms with Gasteiger partial charge in [0.25, 0.3) is 0 Å². The molecule has 1 aliphatic carbocycles. The molecule has 4 rings (SSSR count). The third kappa shape index (κ3) is 3.11. The number of hydrogen-bond donors (Lipinski definition) is 0. The van der Waals surface area contributed by atoms with Gasteiger partial charge in [0.15, 0.2) is 11.6 Å². The van der Waals surface area contributed by atoms with Crippen molar-refractivity contribution < 1.29 is 9.13 Å². The van der Waals surface area contributed by atoms with Gasteiger partial charge < -0.3 is 9.30 Å². The molecule has 1 saturated carbocycles. The summed E-state index contributed by atoms with van der Waals surface area (Å²) in [5.41, 5.74) is 2.80. The maximum Gasteiger partial charge on any atom is 0.173 e. The van der Waals surface area contributed by atoms with Crippen molar-refractivity contribution in [2.24, 2.45) is 0 Å². The van der Waals surface area contributed by atoms with Gasteiger partial charge in [0.2, 0.25) is 0 Å². The van der Waals surface area contributed by atoms with E-state index in [2.05, 4.69) is 21.1 Å². The number of halogens is 1. The molecule has 1 aromatic carbocycles. The van der Waals surface area contributed by atoms with Crippen LogP contribution < -0.4 is 4.74 Å². The van der Waals surface area contributed by atoms with Crippen molar-refractivity contribution in [3.8, 4) is 22.8 Å². The first-order valence-electron chi connectivity index (χ1n) is 7.99. The van der Waals surface area contributed by atoms with Gasteiger partial charge in [0.05, 0.1) is 31.0 Å². The van der Waals surface area contributed by atoms with E-state index in [0.717, 1.165) is 16.9 Å². The number of methoxy groups -OCH3 is 1. The van der Waals surface area contributed by atoms with Crippen LogP contribution in [0, 0.1) is 5.82 Å². The van der Waals surface area contributed by atoms with Crippen molar-refractivity contribution in [1.82, 2.24) is 19.5 Å². The van der Waals surface area contributed by atoms with E-state index in [9.17, 15) is 4.39 Å². The Balaban J connectivity index is 1.71. The van der Waals surface area contributed by atoms with Crippen LogP contribution in [-0.4, -0.2) is 32.9 Å². The first-order chi connectivity index (χ1) is 12.2. The van der Waals surface area contributed by atoms with E-state index in [-0.39, 0.29) is 0 Å². The van der Waals surface area contributed by atoms with Crippen LogP contribution in [0.2, 0.25) is 0 Å². The van der Waals surface area contributed by atoms with Crippen LogP contribution in [0.5, 0.6) is 5.75 Å². The molecule has 0 saturated heterocycles. The maximum atomic E-state index is 13.6. The average molecular weight is 356 g/mol. The Morgan fingerprint density at radius 2 is 2.12 bits per heavy atom. The zero-order chi connectivity index (χ0) is 17.4. The number of nitrogens with zero attached hydrogens (tertiary/aromatic N) is 4. The summed E-state index contributed by atoms with van der Waals surface area (Å²) in [5.74, 6) is 1.35. The Hall–Kier alpha value is -2.41. The zero-order valence-corrected chi connectivity index (χ0v) is 14.8. The molecule has 0 atom stereocenters. The maximum absolute atomic E-state index is 13.6. The molecular formula is C18H17FN4OS. The molecule has 1 fully saturated rings. The molecule has 0 radical (unpaired) electrons. The fourth-order valence-electron chi connectivity index (χ4n) is 2.72. The molecule has 0 spiro atoms. The highest BCUT2D eigenvalue weighted by atomic mass is 32.2. The van der Waals surface area contributed by atoms with Gasteiger partial charge >= 0.3 is 0 Å². The van der Waals surface area contributed by atoms with Gasteiger partial charge in [-0.3, -0.25) is 0 Å². The summed E-state index contributed by atoms with van der Waals surface area (Å²) in [7, 11) is 1.63. The van der Waals surface area contributed by atoms with Gasteiger partial charge in [-0.15, -0.1) is 11.8 Å². The quantitative estimate of drug-likeness (QED) is 0.509. The standard InChI is InChI=1S/C18H17FN4OS/c1-24-16-7-12(17-20-8-13(19)18(22-17)25-2)5-6-15(16)23-9-14(21-10-23)11-3-4-11/h5-11H,3-4H2,1-2H3. The van der Waals surface area contributed by atoms with Crippen LogP contribution in [0.25, 0.3) is 17.1 Å². The third-order valence-corrected chi connectivity index (χ3v) is 4.89. The van der Waals surface area contributed by atoms with Crippen molar-refractivity contribution in [1.29, 1.82) is 0 Å². The summed E-state index contributed by atoms with van der Waals surface area (Å²) in [6.45, 7) is 0. The lowest BCUT2D eigenvalue weighted by atomic mass is 10.1. The van der Waals surface area contributed by atoms with E-state index in [1.165, 1.54) is 30.8 Å². The predicted molar refractivity (Wildman–Crippen MR) is 94.9 cm³/mol. The summed E-state index contributed by atoms with van der Waals surface area (Å²) < 4.78 is 21.1. The van der Waals surface area contributed by atoms with E-state index >= 15 is 0 Å². The predicted octanol–water partition coefficient (Wildman–Crippen LogP) is 4.08. The van der Waals surface area contributed by atoms with Gasteiger partial charge in [-0.2, -0.15) is 0 Å². The molecule has 7 heteroatoms. The first kappa shape index (κ1) is 16.1. The second-order valence-corrected chi connectivity index (χ2v) is 6.71. The molecule has 5 nitrogen and oxygen atoms in total. The lowest BCUT2D eigenvalue weighted by Gasteiger charge is -2.11. The smallest absolute Gasteiger partial charge is 0.173 e. The van der Waals surface area contributed by atoms with E-state index in [0.29, 0.717) is 22.5 Å². The Morgan fingerprint density at radius 3 is 2.84 bits per heavy atom. The Bertz CT molecular complexity index is 923. The third-order valence-electron chi connectivity index (χ3n) is 4.22. The Kier molecular flexibility index (Phi) is 4.17. The highest BCUT2D eigenvalue weighted by molar-refractivity contribution is 7.98. The monoisotopic (exact) mass is 356 g/mol. The molecule has 3 aromatic rings. The fraction of sp³-hybridized carbons (Fsp3) is 0.278. The highest BCUT2D eigenvalue weighted by Gasteiger charge is 2.26. The molecule has 2 aromatic heterocycles. The molecule has 0 bridgehead atoms. The number of thioether (sulfide) groups is 1. The number of ether oxygens (including phenoxy) is 1. The van der Waals surface area contributed by atoms with Gasteiger partial charge in [0.1, 0.15) is 10.8 Å². The topological polar surface area (TPSA) is 52.8 Å². The van der Waals surface area contributed by atoms with Crippen LogP contribution in [0.4, 0.5) is 4.39 Å². The van der Waals surface area contributed by atoms with Crippen LogP contribution in [0.3, 0.4) is 0 Å². The number of imidazole rings is 1. The van der Waals surface area contributed by atoms with Gasteiger partial charge in [-0.25, -0.2) is 19.3 Å². The van der Waals surface area contributed by atoms with Gasteiger partial charge in [-0.05, 0) is 37.3 Å². The van der Waals surface area contributed by atoms with Crippen LogP contribution in [-0.2, 0) is 0 Å². The molecule has 25 heavy (non-hydrogen) atoms. The van der Waals surface area contributed by atoms with Gasteiger partial charge in [-0.1, -0.05) is 0 Å². The fourth-order valence-corrected chi connectivity index (χ4v) is 3.15. The lowest BCUT2D eigenvalue weighted by Crippen LogP contribution is -1.98. The number of benzene rings is 1. The molecule has 128 valence electrons. The van der Waals surface area contributed by atoms with E-state index < -0.39 is 5.82 Å². The van der Waals surface area contributed by atoms with Crippen molar-refractivity contribution >= 4 is 11.8 Å². The second kappa shape index (κ2) is 6.48. The molecular weight excluding hydrogens is 339 g/mol. The zero-order valence-electron chi connectivity index (χ0n) is 13.9. The number of aromatic nitrogens is 4. The summed E-state index contributed by atoms with van der Waals surface area (Å²) in [4.78, 5) is 12.9. The van der Waals surface area contributed by atoms with Crippen molar-refractivity contribution in [3.63, 3.8) is 0 Å². The van der Waals surface area contributed by atoms with E-state index in [4.69, 9.17) is 4.74 Å². The first-order valence-corrected chi connectivity index (χ1v) is 9.21. The van der Waals surface area contributed by atoms with Crippen molar-refractivity contribution in [2.45, 2.75) is 23.8 Å². The molecule has 2 heterocycles. The minimum atomic E-state index is -0.411. The summed E-state index contributed by atoms with van der Waals surface area (Å²) in [5, 5.41) is 0.330.